The van der Waals surface area contributed by atoms with Crippen molar-refractivity contribution in [2.75, 3.05) is 25.1 Å². The number of nitro benzene ring substituents is 1. The van der Waals surface area contributed by atoms with Crippen molar-refractivity contribution in [3.8, 4) is 0 Å². The Bertz CT molecular complexity index is 912. The second-order valence-electron chi connectivity index (χ2n) is 6.68. The van der Waals surface area contributed by atoms with Gasteiger partial charge in [0.15, 0.2) is 0 Å². The number of ether oxygens (including phenoxy) is 1. The van der Waals surface area contributed by atoms with Crippen LogP contribution in [-0.4, -0.2) is 33.1 Å². The Balaban J connectivity index is 1.72. The third kappa shape index (κ3) is 5.28. The molecule has 1 saturated heterocycles. The molecule has 8 nitrogen and oxygen atoms in total. The number of hydrogen-bond donors (Lipinski definition) is 2. The second kappa shape index (κ2) is 9.13. The van der Waals surface area contributed by atoms with Crippen LogP contribution in [0.5, 0.6) is 0 Å². The average molecular weight is 405 g/mol. The maximum Gasteiger partial charge on any atom is 0.293 e. The van der Waals surface area contributed by atoms with Gasteiger partial charge in [0.1, 0.15) is 5.69 Å². The smallest absolute Gasteiger partial charge is 0.293 e. The quantitative estimate of drug-likeness (QED) is 0.516. The molecular formula is C19H23N3O5S. The van der Waals surface area contributed by atoms with Crippen molar-refractivity contribution in [2.24, 2.45) is 5.92 Å². The Labute approximate surface area is 164 Å². The van der Waals surface area contributed by atoms with Crippen molar-refractivity contribution in [3.05, 3.63) is 64.2 Å². The number of rotatable bonds is 8. The van der Waals surface area contributed by atoms with Crippen molar-refractivity contribution in [3.63, 3.8) is 0 Å². The molecule has 3 rings (SSSR count). The highest BCUT2D eigenvalue weighted by Crippen LogP contribution is 2.28. The first kappa shape index (κ1) is 20.2. The molecule has 28 heavy (non-hydrogen) atoms. The Morgan fingerprint density at radius 2 is 1.82 bits per heavy atom. The number of nitro groups is 1. The molecule has 150 valence electrons. The van der Waals surface area contributed by atoms with Gasteiger partial charge in [0, 0.05) is 32.4 Å². The van der Waals surface area contributed by atoms with E-state index in [0.717, 1.165) is 24.5 Å². The van der Waals surface area contributed by atoms with Gasteiger partial charge in [0.05, 0.1) is 9.82 Å². The van der Waals surface area contributed by atoms with Gasteiger partial charge in [0.25, 0.3) is 5.69 Å². The van der Waals surface area contributed by atoms with Crippen LogP contribution in [0.25, 0.3) is 0 Å². The van der Waals surface area contributed by atoms with Crippen molar-refractivity contribution in [1.82, 2.24) is 4.72 Å². The van der Waals surface area contributed by atoms with Crippen molar-refractivity contribution < 1.29 is 18.1 Å². The van der Waals surface area contributed by atoms with Gasteiger partial charge in [-0.15, -0.1) is 0 Å². The van der Waals surface area contributed by atoms with E-state index in [1.807, 2.05) is 18.2 Å². The first-order chi connectivity index (χ1) is 13.5. The third-order valence-corrected chi connectivity index (χ3v) is 6.11. The maximum absolute atomic E-state index is 12.5. The average Bonchev–Trinajstić information content (AvgIpc) is 2.72. The van der Waals surface area contributed by atoms with Gasteiger partial charge in [-0.3, -0.25) is 10.1 Å². The van der Waals surface area contributed by atoms with Crippen LogP contribution in [0.3, 0.4) is 0 Å². The molecule has 1 aliphatic rings. The van der Waals surface area contributed by atoms with E-state index in [1.54, 1.807) is 12.1 Å². The van der Waals surface area contributed by atoms with Crippen LogP contribution in [0, 0.1) is 16.0 Å². The monoisotopic (exact) mass is 405 g/mol. The summed E-state index contributed by atoms with van der Waals surface area (Å²) in [5.41, 5.74) is 0.864. The lowest BCUT2D eigenvalue weighted by Crippen LogP contribution is -2.24. The van der Waals surface area contributed by atoms with Crippen molar-refractivity contribution in [1.29, 1.82) is 0 Å². The largest absolute Gasteiger partial charge is 0.381 e. The van der Waals surface area contributed by atoms with E-state index in [4.69, 9.17) is 4.74 Å². The fraction of sp³-hybridized carbons (Fsp3) is 0.368. The lowest BCUT2D eigenvalue weighted by molar-refractivity contribution is -0.384. The molecule has 1 aliphatic heterocycles. The zero-order chi connectivity index (χ0) is 20.0. The molecule has 0 saturated carbocycles. The molecule has 0 radical (unpaired) electrons. The van der Waals surface area contributed by atoms with Crippen LogP contribution in [0.4, 0.5) is 11.4 Å². The van der Waals surface area contributed by atoms with Crippen LogP contribution in [0.1, 0.15) is 18.4 Å². The highest BCUT2D eigenvalue weighted by atomic mass is 32.2. The van der Waals surface area contributed by atoms with E-state index in [0.29, 0.717) is 31.4 Å². The highest BCUT2D eigenvalue weighted by Gasteiger charge is 2.22. The molecule has 1 heterocycles. The van der Waals surface area contributed by atoms with Crippen LogP contribution < -0.4 is 10.0 Å². The topological polar surface area (TPSA) is 111 Å². The Kier molecular flexibility index (Phi) is 6.61. The molecule has 0 atom stereocenters. The van der Waals surface area contributed by atoms with Gasteiger partial charge in [0.2, 0.25) is 10.0 Å². The van der Waals surface area contributed by atoms with E-state index in [1.165, 1.54) is 12.1 Å². The SMILES string of the molecule is O=[N+]([O-])c1cc(S(=O)(=O)NCc2ccccc2)ccc1NCC1CCOCC1. The summed E-state index contributed by atoms with van der Waals surface area (Å²) in [5, 5.41) is 14.6. The lowest BCUT2D eigenvalue weighted by atomic mass is 10.0. The zero-order valence-electron chi connectivity index (χ0n) is 15.3. The molecule has 0 spiro atoms. The number of nitrogens with zero attached hydrogens (tertiary/aromatic N) is 1. The Morgan fingerprint density at radius 3 is 2.50 bits per heavy atom. The molecule has 9 heteroatoms. The van der Waals surface area contributed by atoms with Gasteiger partial charge in [-0.25, -0.2) is 13.1 Å². The predicted octanol–water partition coefficient (Wildman–Crippen LogP) is 2.91. The number of sulfonamides is 1. The van der Waals surface area contributed by atoms with Crippen molar-refractivity contribution in [2.45, 2.75) is 24.3 Å². The molecule has 0 aromatic heterocycles. The fourth-order valence-corrected chi connectivity index (χ4v) is 4.08. The Morgan fingerprint density at radius 1 is 1.11 bits per heavy atom. The molecular weight excluding hydrogens is 382 g/mol. The van der Waals surface area contributed by atoms with Gasteiger partial charge >= 0.3 is 0 Å². The van der Waals surface area contributed by atoms with Crippen molar-refractivity contribution >= 4 is 21.4 Å². The predicted molar refractivity (Wildman–Crippen MR) is 106 cm³/mol. The second-order valence-corrected chi connectivity index (χ2v) is 8.45. The molecule has 0 aliphatic carbocycles. The molecule has 2 aromatic rings. The molecule has 2 N–H and O–H groups in total. The summed E-state index contributed by atoms with van der Waals surface area (Å²) >= 11 is 0. The van der Waals surface area contributed by atoms with E-state index in [2.05, 4.69) is 10.0 Å². The summed E-state index contributed by atoms with van der Waals surface area (Å²) in [6, 6.07) is 13.0. The fourth-order valence-electron chi connectivity index (χ4n) is 3.04. The maximum atomic E-state index is 12.5. The van der Waals surface area contributed by atoms with Gasteiger partial charge in [-0.2, -0.15) is 0 Å². The van der Waals surface area contributed by atoms with Gasteiger partial charge in [-0.05, 0) is 36.5 Å². The summed E-state index contributed by atoms with van der Waals surface area (Å²) in [7, 11) is -3.87. The number of nitrogens with one attached hydrogen (secondary N) is 2. The van der Waals surface area contributed by atoms with E-state index >= 15 is 0 Å². The summed E-state index contributed by atoms with van der Waals surface area (Å²) < 4.78 is 32.8. The summed E-state index contributed by atoms with van der Waals surface area (Å²) in [4.78, 5) is 10.8. The first-order valence-electron chi connectivity index (χ1n) is 9.09. The van der Waals surface area contributed by atoms with E-state index in [9.17, 15) is 18.5 Å². The number of anilines is 1. The van der Waals surface area contributed by atoms with E-state index in [-0.39, 0.29) is 17.1 Å². The third-order valence-electron chi connectivity index (χ3n) is 4.71. The van der Waals surface area contributed by atoms with E-state index < -0.39 is 14.9 Å². The van der Waals surface area contributed by atoms with Crippen LogP contribution in [-0.2, 0) is 21.3 Å². The standard InChI is InChI=1S/C19H23N3O5S/c23-22(24)19-12-17(28(25,26)21-14-15-4-2-1-3-5-15)6-7-18(19)20-13-16-8-10-27-11-9-16/h1-7,12,16,20-21H,8-11,13-14H2. The lowest BCUT2D eigenvalue weighted by Gasteiger charge is -2.22. The van der Waals surface area contributed by atoms with Gasteiger partial charge in [-0.1, -0.05) is 30.3 Å². The molecule has 2 aromatic carbocycles. The minimum atomic E-state index is -3.87. The molecule has 0 amide bonds. The molecule has 0 unspecified atom stereocenters. The minimum absolute atomic E-state index is 0.112. The first-order valence-corrected chi connectivity index (χ1v) is 10.6. The summed E-state index contributed by atoms with van der Waals surface area (Å²) in [6.45, 7) is 2.08. The van der Waals surface area contributed by atoms with Crippen LogP contribution in [0.15, 0.2) is 53.4 Å². The molecule has 0 bridgehead atoms. The van der Waals surface area contributed by atoms with Gasteiger partial charge < -0.3 is 10.1 Å². The minimum Gasteiger partial charge on any atom is -0.381 e. The normalized spacial score (nSPS) is 15.3. The Hall–Kier alpha value is -2.49. The summed E-state index contributed by atoms with van der Waals surface area (Å²) in [6.07, 6.45) is 1.80. The molecule has 1 fully saturated rings. The highest BCUT2D eigenvalue weighted by molar-refractivity contribution is 7.89. The van der Waals surface area contributed by atoms with Crippen LogP contribution >= 0.6 is 0 Å². The number of hydrogen-bond acceptors (Lipinski definition) is 6. The summed E-state index contributed by atoms with van der Waals surface area (Å²) in [5.74, 6) is 0.379. The van der Waals surface area contributed by atoms with Crippen LogP contribution in [0.2, 0.25) is 0 Å². The zero-order valence-corrected chi connectivity index (χ0v) is 16.2. The number of benzene rings is 2.